The van der Waals surface area contributed by atoms with Gasteiger partial charge >= 0.3 is 0 Å². The van der Waals surface area contributed by atoms with Crippen LogP contribution in [0.2, 0.25) is 0 Å². The number of ketones is 1. The lowest BCUT2D eigenvalue weighted by Gasteiger charge is -2.05. The fraction of sp³-hybridized carbons (Fsp3) is 0. The third kappa shape index (κ3) is 3.01. The van der Waals surface area contributed by atoms with E-state index in [0.717, 1.165) is 11.1 Å². The van der Waals surface area contributed by atoms with Gasteiger partial charge in [-0.25, -0.2) is 13.2 Å². The predicted octanol–water partition coefficient (Wildman–Crippen LogP) is 5.00. The Morgan fingerprint density at radius 1 is 0.652 bits per heavy atom. The molecule has 0 spiro atoms. The molecule has 0 radical (unpaired) electrons. The zero-order chi connectivity index (χ0) is 16.4. The van der Waals surface area contributed by atoms with Crippen LogP contribution in [0.4, 0.5) is 13.2 Å². The Balaban J connectivity index is 1.92. The fourth-order valence-corrected chi connectivity index (χ4v) is 2.30. The van der Waals surface area contributed by atoms with Crippen molar-refractivity contribution in [3.63, 3.8) is 0 Å². The maximum Gasteiger partial charge on any atom is 0.194 e. The molecule has 0 unspecified atom stereocenters. The highest BCUT2D eigenvalue weighted by Gasteiger charge is 2.16. The van der Waals surface area contributed by atoms with Crippen molar-refractivity contribution in [2.24, 2.45) is 0 Å². The second kappa shape index (κ2) is 6.08. The van der Waals surface area contributed by atoms with E-state index in [2.05, 4.69) is 0 Å². The van der Waals surface area contributed by atoms with E-state index in [1.165, 1.54) is 0 Å². The molecule has 0 bridgehead atoms. The maximum absolute atomic E-state index is 13.2. The van der Waals surface area contributed by atoms with Gasteiger partial charge in [-0.3, -0.25) is 4.79 Å². The third-order valence-electron chi connectivity index (χ3n) is 3.50. The molecule has 0 aliphatic heterocycles. The Morgan fingerprint density at radius 2 is 1.17 bits per heavy atom. The summed E-state index contributed by atoms with van der Waals surface area (Å²) in [6.07, 6.45) is 0. The molecular formula is C19H11F3O. The van der Waals surface area contributed by atoms with Gasteiger partial charge in [0.2, 0.25) is 0 Å². The second-order valence-electron chi connectivity index (χ2n) is 5.03. The summed E-state index contributed by atoms with van der Waals surface area (Å²) in [5.41, 5.74) is 1.95. The summed E-state index contributed by atoms with van der Waals surface area (Å²) in [6.45, 7) is 0. The van der Waals surface area contributed by atoms with Crippen LogP contribution in [0.5, 0.6) is 0 Å². The minimum atomic E-state index is -1.58. The summed E-state index contributed by atoms with van der Waals surface area (Å²) in [5, 5.41) is 0. The number of carbonyl (C=O) groups excluding carboxylic acids is 1. The molecule has 0 aliphatic carbocycles. The van der Waals surface area contributed by atoms with Gasteiger partial charge in [-0.1, -0.05) is 54.6 Å². The number of hydrogen-bond acceptors (Lipinski definition) is 1. The summed E-state index contributed by atoms with van der Waals surface area (Å²) in [4.78, 5) is 12.3. The van der Waals surface area contributed by atoms with Gasteiger partial charge in [-0.2, -0.15) is 0 Å². The molecule has 0 saturated carbocycles. The molecule has 0 aromatic heterocycles. The van der Waals surface area contributed by atoms with Crippen molar-refractivity contribution in [1.82, 2.24) is 0 Å². The molecule has 3 aromatic carbocycles. The first-order valence-corrected chi connectivity index (χ1v) is 6.91. The Kier molecular flexibility index (Phi) is 3.98. The fourth-order valence-electron chi connectivity index (χ4n) is 2.30. The van der Waals surface area contributed by atoms with Gasteiger partial charge in [0.25, 0.3) is 0 Å². The molecule has 0 atom stereocenters. The molecule has 0 aliphatic rings. The summed E-state index contributed by atoms with van der Waals surface area (Å²) >= 11 is 0. The zero-order valence-electron chi connectivity index (χ0n) is 11.9. The van der Waals surface area contributed by atoms with Crippen LogP contribution in [-0.4, -0.2) is 5.78 Å². The Morgan fingerprint density at radius 3 is 1.74 bits per heavy atom. The number of benzene rings is 3. The van der Waals surface area contributed by atoms with E-state index in [1.807, 2.05) is 30.3 Å². The highest BCUT2D eigenvalue weighted by Crippen LogP contribution is 2.21. The van der Waals surface area contributed by atoms with Crippen molar-refractivity contribution in [2.45, 2.75) is 0 Å². The summed E-state index contributed by atoms with van der Waals surface area (Å²) in [6, 6.07) is 17.6. The molecule has 0 fully saturated rings. The first-order valence-electron chi connectivity index (χ1n) is 6.91. The first kappa shape index (κ1) is 15.0. The van der Waals surface area contributed by atoms with Gasteiger partial charge in [0.15, 0.2) is 23.2 Å². The van der Waals surface area contributed by atoms with Crippen LogP contribution in [0.3, 0.4) is 0 Å². The molecule has 3 rings (SSSR count). The molecule has 23 heavy (non-hydrogen) atoms. The number of carbonyl (C=O) groups is 1. The van der Waals surface area contributed by atoms with Crippen LogP contribution >= 0.6 is 0 Å². The predicted molar refractivity (Wildman–Crippen MR) is 81.6 cm³/mol. The van der Waals surface area contributed by atoms with Crippen molar-refractivity contribution < 1.29 is 18.0 Å². The average molecular weight is 312 g/mol. The van der Waals surface area contributed by atoms with Crippen LogP contribution in [0, 0.1) is 17.5 Å². The molecule has 114 valence electrons. The van der Waals surface area contributed by atoms with Crippen molar-refractivity contribution in [3.8, 4) is 11.1 Å². The van der Waals surface area contributed by atoms with Crippen LogP contribution < -0.4 is 0 Å². The number of rotatable bonds is 3. The number of hydrogen-bond donors (Lipinski definition) is 0. The molecule has 1 nitrogen and oxygen atoms in total. The minimum absolute atomic E-state index is 0.228. The van der Waals surface area contributed by atoms with E-state index in [1.54, 1.807) is 24.3 Å². The van der Waals surface area contributed by atoms with Crippen molar-refractivity contribution in [3.05, 3.63) is 95.3 Å². The molecule has 0 saturated heterocycles. The molecule has 0 N–H and O–H groups in total. The normalized spacial score (nSPS) is 10.6. The van der Waals surface area contributed by atoms with Gasteiger partial charge < -0.3 is 0 Å². The van der Waals surface area contributed by atoms with Gasteiger partial charge in [-0.05, 0) is 23.3 Å². The molecule has 0 amide bonds. The Hall–Kier alpha value is -2.88. The first-order chi connectivity index (χ1) is 11.1. The second-order valence-corrected chi connectivity index (χ2v) is 5.03. The van der Waals surface area contributed by atoms with E-state index < -0.39 is 23.2 Å². The Bertz CT molecular complexity index is 833. The summed E-state index contributed by atoms with van der Waals surface area (Å²) in [7, 11) is 0. The van der Waals surface area contributed by atoms with Crippen LogP contribution in [0.15, 0.2) is 66.7 Å². The Labute approximate surface area is 131 Å². The SMILES string of the molecule is O=C(c1ccc(-c2ccccc2)cc1)c1cc(F)c(F)c(F)c1. The molecule has 0 heterocycles. The van der Waals surface area contributed by atoms with E-state index in [4.69, 9.17) is 0 Å². The van der Waals surface area contributed by atoms with E-state index in [9.17, 15) is 18.0 Å². The molecular weight excluding hydrogens is 301 g/mol. The standard InChI is InChI=1S/C19H11F3O/c20-16-10-15(11-17(21)18(16)22)19(23)14-8-6-13(7-9-14)12-4-2-1-3-5-12/h1-11H. The topological polar surface area (TPSA) is 17.1 Å². The largest absolute Gasteiger partial charge is 0.289 e. The smallest absolute Gasteiger partial charge is 0.194 e. The third-order valence-corrected chi connectivity index (χ3v) is 3.50. The van der Waals surface area contributed by atoms with Crippen LogP contribution in [0.25, 0.3) is 11.1 Å². The number of halogens is 3. The van der Waals surface area contributed by atoms with E-state index >= 15 is 0 Å². The van der Waals surface area contributed by atoms with Crippen molar-refractivity contribution in [2.75, 3.05) is 0 Å². The van der Waals surface area contributed by atoms with E-state index in [0.29, 0.717) is 12.1 Å². The average Bonchev–Trinajstić information content (AvgIpc) is 2.59. The quantitative estimate of drug-likeness (QED) is 0.491. The van der Waals surface area contributed by atoms with Crippen LogP contribution in [-0.2, 0) is 0 Å². The van der Waals surface area contributed by atoms with E-state index in [-0.39, 0.29) is 11.1 Å². The monoisotopic (exact) mass is 312 g/mol. The summed E-state index contributed by atoms with van der Waals surface area (Å²) in [5.74, 6) is -4.91. The van der Waals surface area contributed by atoms with Gasteiger partial charge in [0.1, 0.15) is 0 Å². The lowest BCUT2D eigenvalue weighted by molar-refractivity contribution is 0.103. The highest BCUT2D eigenvalue weighted by molar-refractivity contribution is 6.09. The lowest BCUT2D eigenvalue weighted by Crippen LogP contribution is -2.04. The lowest BCUT2D eigenvalue weighted by atomic mass is 9.99. The molecule has 3 aromatic rings. The highest BCUT2D eigenvalue weighted by atomic mass is 19.2. The van der Waals surface area contributed by atoms with Crippen molar-refractivity contribution in [1.29, 1.82) is 0 Å². The van der Waals surface area contributed by atoms with Crippen LogP contribution in [0.1, 0.15) is 15.9 Å². The maximum atomic E-state index is 13.2. The molecule has 4 heteroatoms. The van der Waals surface area contributed by atoms with Gasteiger partial charge in [0, 0.05) is 11.1 Å². The van der Waals surface area contributed by atoms with Gasteiger partial charge in [-0.15, -0.1) is 0 Å². The van der Waals surface area contributed by atoms with Gasteiger partial charge in [0.05, 0.1) is 0 Å². The zero-order valence-corrected chi connectivity index (χ0v) is 11.9. The summed E-state index contributed by atoms with van der Waals surface area (Å²) < 4.78 is 39.4. The van der Waals surface area contributed by atoms with Crippen molar-refractivity contribution >= 4 is 5.78 Å². The minimum Gasteiger partial charge on any atom is -0.289 e.